The number of ether oxygens (including phenoxy) is 2. The summed E-state index contributed by atoms with van der Waals surface area (Å²) in [6.45, 7) is 1.61. The lowest BCUT2D eigenvalue weighted by Crippen LogP contribution is -2.37. The van der Waals surface area contributed by atoms with Crippen molar-refractivity contribution in [3.63, 3.8) is 0 Å². The van der Waals surface area contributed by atoms with Crippen LogP contribution in [0.5, 0.6) is 5.88 Å². The topological polar surface area (TPSA) is 114 Å². The van der Waals surface area contributed by atoms with Crippen LogP contribution in [0.4, 0.5) is 5.69 Å². The number of nitrogens with one attached hydrogen (secondary N) is 2. The highest BCUT2D eigenvalue weighted by Crippen LogP contribution is 2.23. The van der Waals surface area contributed by atoms with Gasteiger partial charge in [-0.1, -0.05) is 0 Å². The fraction of sp³-hybridized carbons (Fsp3) is 0.412. The molecule has 1 amide bonds. The van der Waals surface area contributed by atoms with Crippen molar-refractivity contribution in [2.24, 2.45) is 0 Å². The van der Waals surface area contributed by atoms with E-state index in [0.717, 1.165) is 11.5 Å². The van der Waals surface area contributed by atoms with Gasteiger partial charge < -0.3 is 19.8 Å². The summed E-state index contributed by atoms with van der Waals surface area (Å²) < 4.78 is 37.3. The van der Waals surface area contributed by atoms with Crippen molar-refractivity contribution in [2.75, 3.05) is 50.2 Å². The van der Waals surface area contributed by atoms with Crippen LogP contribution < -0.4 is 10.1 Å². The van der Waals surface area contributed by atoms with Crippen LogP contribution in [-0.4, -0.2) is 73.5 Å². The summed E-state index contributed by atoms with van der Waals surface area (Å²) in [4.78, 5) is 19.5. The van der Waals surface area contributed by atoms with Crippen LogP contribution >= 0.6 is 11.8 Å². The number of rotatable bonds is 8. The highest BCUT2D eigenvalue weighted by Gasteiger charge is 2.28. The molecule has 1 aliphatic heterocycles. The Labute approximate surface area is 167 Å². The molecule has 0 unspecified atom stereocenters. The normalized spacial score (nSPS) is 15.3. The number of hydrogen-bond acceptors (Lipinski definition) is 7. The van der Waals surface area contributed by atoms with Gasteiger partial charge in [-0.05, 0) is 18.2 Å². The fourth-order valence-electron chi connectivity index (χ4n) is 2.60. The number of hydrogen-bond donors (Lipinski definition) is 2. The van der Waals surface area contributed by atoms with Gasteiger partial charge in [-0.25, -0.2) is 13.4 Å². The van der Waals surface area contributed by atoms with Gasteiger partial charge in [0.15, 0.2) is 0 Å². The van der Waals surface area contributed by atoms with Gasteiger partial charge in [0.25, 0.3) is 5.91 Å². The van der Waals surface area contributed by atoms with Crippen LogP contribution in [0.25, 0.3) is 0 Å². The molecule has 0 radical (unpaired) electrons. The Hall–Kier alpha value is -2.08. The predicted octanol–water partition coefficient (Wildman–Crippen LogP) is 1.42. The molecule has 2 aromatic heterocycles. The first kappa shape index (κ1) is 20.6. The third kappa shape index (κ3) is 4.85. The number of pyridine rings is 1. The third-order valence-corrected chi connectivity index (χ3v) is 6.87. The van der Waals surface area contributed by atoms with Crippen LogP contribution in [0.15, 0.2) is 35.5 Å². The maximum absolute atomic E-state index is 12.7. The van der Waals surface area contributed by atoms with E-state index in [4.69, 9.17) is 9.47 Å². The maximum atomic E-state index is 12.7. The van der Waals surface area contributed by atoms with E-state index in [1.165, 1.54) is 16.6 Å². The quantitative estimate of drug-likeness (QED) is 0.614. The van der Waals surface area contributed by atoms with E-state index >= 15 is 0 Å². The van der Waals surface area contributed by atoms with E-state index in [1.54, 1.807) is 37.2 Å². The van der Waals surface area contributed by atoms with E-state index < -0.39 is 15.9 Å². The first-order valence-electron chi connectivity index (χ1n) is 8.67. The van der Waals surface area contributed by atoms with Crippen molar-refractivity contribution in [1.29, 1.82) is 0 Å². The molecule has 28 heavy (non-hydrogen) atoms. The minimum Gasteiger partial charge on any atom is -0.474 e. The number of thioether (sulfide) groups is 1. The minimum absolute atomic E-state index is 0.0762. The molecule has 3 heterocycles. The molecule has 1 fully saturated rings. The highest BCUT2D eigenvalue weighted by atomic mass is 32.2. The average molecular weight is 427 g/mol. The Balaban J connectivity index is 1.71. The second-order valence-electron chi connectivity index (χ2n) is 5.92. The summed E-state index contributed by atoms with van der Waals surface area (Å²) in [5.74, 6) is 1.31. The Morgan fingerprint density at radius 1 is 1.36 bits per heavy atom. The summed E-state index contributed by atoms with van der Waals surface area (Å²) >= 11 is 1.73. The number of sulfonamides is 1. The zero-order valence-electron chi connectivity index (χ0n) is 15.4. The van der Waals surface area contributed by atoms with Gasteiger partial charge in [-0.2, -0.15) is 16.1 Å². The summed E-state index contributed by atoms with van der Waals surface area (Å²) in [7, 11) is -2.05. The Bertz CT molecular complexity index is 910. The molecule has 11 heteroatoms. The molecular weight excluding hydrogens is 404 g/mol. The Morgan fingerprint density at radius 3 is 2.89 bits per heavy atom. The molecule has 0 bridgehead atoms. The van der Waals surface area contributed by atoms with Crippen molar-refractivity contribution in [1.82, 2.24) is 14.3 Å². The van der Waals surface area contributed by atoms with E-state index in [2.05, 4.69) is 15.3 Å². The molecular formula is C17H22N4O5S2. The zero-order valence-corrected chi connectivity index (χ0v) is 17.0. The number of anilines is 1. The number of methoxy groups -OCH3 is 1. The van der Waals surface area contributed by atoms with E-state index in [-0.39, 0.29) is 23.1 Å². The molecule has 9 nitrogen and oxygen atoms in total. The van der Waals surface area contributed by atoms with Gasteiger partial charge in [0.2, 0.25) is 15.9 Å². The van der Waals surface area contributed by atoms with Gasteiger partial charge in [0.05, 0.1) is 6.61 Å². The monoisotopic (exact) mass is 426 g/mol. The summed E-state index contributed by atoms with van der Waals surface area (Å²) in [6, 6.07) is 4.66. The Morgan fingerprint density at radius 2 is 2.14 bits per heavy atom. The molecule has 1 aliphatic rings. The van der Waals surface area contributed by atoms with Crippen molar-refractivity contribution in [2.45, 2.75) is 4.90 Å². The van der Waals surface area contributed by atoms with E-state index in [0.29, 0.717) is 25.4 Å². The highest BCUT2D eigenvalue weighted by molar-refractivity contribution is 7.99. The van der Waals surface area contributed by atoms with Gasteiger partial charge in [-0.15, -0.1) is 0 Å². The minimum atomic E-state index is -3.61. The molecule has 3 rings (SSSR count). The molecule has 0 saturated carbocycles. The van der Waals surface area contributed by atoms with Gasteiger partial charge in [-0.3, -0.25) is 4.79 Å². The lowest BCUT2D eigenvalue weighted by molar-refractivity contribution is 0.102. The van der Waals surface area contributed by atoms with Crippen molar-refractivity contribution in [3.05, 3.63) is 36.3 Å². The molecule has 1 saturated heterocycles. The molecule has 0 aliphatic carbocycles. The third-order valence-electron chi connectivity index (χ3n) is 4.05. The number of H-pyrrole nitrogens is 1. The lowest BCUT2D eigenvalue weighted by Gasteiger charge is -2.24. The van der Waals surface area contributed by atoms with Crippen molar-refractivity contribution in [3.8, 4) is 5.88 Å². The van der Waals surface area contributed by atoms with Gasteiger partial charge in [0.1, 0.15) is 22.9 Å². The molecule has 0 atom stereocenters. The Kier molecular flexibility index (Phi) is 6.94. The first-order valence-corrected chi connectivity index (χ1v) is 11.3. The van der Waals surface area contributed by atoms with Crippen molar-refractivity contribution >= 4 is 33.4 Å². The second-order valence-corrected chi connectivity index (χ2v) is 9.08. The largest absolute Gasteiger partial charge is 0.474 e. The number of aromatic nitrogens is 2. The first-order chi connectivity index (χ1) is 13.5. The van der Waals surface area contributed by atoms with Crippen molar-refractivity contribution < 1.29 is 22.7 Å². The smallest absolute Gasteiger partial charge is 0.272 e. The average Bonchev–Trinajstić information content (AvgIpc) is 3.21. The standard InChI is InChI=1S/C17H22N4O5S2/c1-25-7-8-26-17-14(3-2-4-18-17)20-16(22)15-11-13(12-19-15)28(23,24)21-5-9-27-10-6-21/h2-4,11-12,19H,5-10H2,1H3,(H,20,22). The molecule has 2 N–H and O–H groups in total. The number of aromatic amines is 1. The summed E-state index contributed by atoms with van der Waals surface area (Å²) in [5, 5.41) is 2.69. The number of carbonyl (C=O) groups excluding carboxylic acids is 1. The van der Waals surface area contributed by atoms with Crippen LogP contribution in [0.3, 0.4) is 0 Å². The molecule has 2 aromatic rings. The molecule has 152 valence electrons. The molecule has 0 spiro atoms. The second kappa shape index (κ2) is 9.41. The lowest BCUT2D eigenvalue weighted by atomic mass is 10.3. The van der Waals surface area contributed by atoms with Crippen LogP contribution in [0, 0.1) is 0 Å². The van der Waals surface area contributed by atoms with Crippen LogP contribution in [0.2, 0.25) is 0 Å². The fourth-order valence-corrected chi connectivity index (χ4v) is 5.17. The maximum Gasteiger partial charge on any atom is 0.272 e. The van der Waals surface area contributed by atoms with E-state index in [9.17, 15) is 13.2 Å². The number of carbonyl (C=O) groups is 1. The molecule has 0 aromatic carbocycles. The summed E-state index contributed by atoms with van der Waals surface area (Å²) in [5.41, 5.74) is 0.521. The SMILES string of the molecule is COCCOc1ncccc1NC(=O)c1cc(S(=O)(=O)N2CCSCC2)c[nH]1. The van der Waals surface area contributed by atoms with Crippen LogP contribution in [0.1, 0.15) is 10.5 Å². The van der Waals surface area contributed by atoms with Crippen LogP contribution in [-0.2, 0) is 14.8 Å². The summed E-state index contributed by atoms with van der Waals surface area (Å²) in [6.07, 6.45) is 2.89. The van der Waals surface area contributed by atoms with Gasteiger partial charge >= 0.3 is 0 Å². The van der Waals surface area contributed by atoms with E-state index in [1.807, 2.05) is 0 Å². The van der Waals surface area contributed by atoms with Gasteiger partial charge in [0, 0.05) is 44.1 Å². The number of amides is 1. The zero-order chi connectivity index (χ0) is 20.0. The predicted molar refractivity (Wildman–Crippen MR) is 106 cm³/mol. The number of nitrogens with zero attached hydrogens (tertiary/aromatic N) is 2.